The Morgan fingerprint density at radius 1 is 1.36 bits per heavy atom. The van der Waals surface area contributed by atoms with Crippen LogP contribution in [0.15, 0.2) is 40.9 Å². The van der Waals surface area contributed by atoms with Crippen molar-refractivity contribution in [2.24, 2.45) is 0 Å². The van der Waals surface area contributed by atoms with Crippen LogP contribution >= 0.6 is 0 Å². The maximum atomic E-state index is 12.2. The molecule has 3 rings (SSSR count). The first-order valence-corrected chi connectivity index (χ1v) is 7.68. The minimum Gasteiger partial charge on any atom is -0.441 e. The van der Waals surface area contributed by atoms with Gasteiger partial charge in [-0.25, -0.2) is 4.98 Å². The summed E-state index contributed by atoms with van der Waals surface area (Å²) in [5, 5.41) is 9.28. The summed E-state index contributed by atoms with van der Waals surface area (Å²) in [5.41, 5.74) is 0.979. The third-order valence-corrected chi connectivity index (χ3v) is 4.07. The first kappa shape index (κ1) is 14.8. The normalized spacial score (nSPS) is 17.9. The summed E-state index contributed by atoms with van der Waals surface area (Å²) in [6.07, 6.45) is 4.40. The number of amides is 1. The Balaban J connectivity index is 1.58. The third-order valence-electron chi connectivity index (χ3n) is 4.07. The molecule has 1 saturated heterocycles. The van der Waals surface area contributed by atoms with Gasteiger partial charge < -0.3 is 14.4 Å². The van der Waals surface area contributed by atoms with E-state index in [0.29, 0.717) is 18.7 Å². The van der Waals surface area contributed by atoms with E-state index in [1.54, 1.807) is 11.1 Å². The van der Waals surface area contributed by atoms with Gasteiger partial charge in [-0.3, -0.25) is 4.79 Å². The van der Waals surface area contributed by atoms with Crippen molar-refractivity contribution in [2.45, 2.75) is 31.7 Å². The number of benzene rings is 1. The first-order chi connectivity index (χ1) is 10.8. The molecule has 1 aliphatic heterocycles. The summed E-state index contributed by atoms with van der Waals surface area (Å²) in [6, 6.07) is 9.76. The molecule has 0 radical (unpaired) electrons. The number of rotatable bonds is 5. The highest BCUT2D eigenvalue weighted by molar-refractivity contribution is 5.77. The standard InChI is InChI=1S/C17H20N2O3/c20-12-14-7-4-10-19(14)17(21)9-8-16-18-11-15(22-16)13-5-2-1-3-6-13/h1-3,5-6,11,14,20H,4,7-10,12H2/t14-/m1/s1. The minimum atomic E-state index is -0.0167. The van der Waals surface area contributed by atoms with Crippen LogP contribution in [0.1, 0.15) is 25.2 Å². The second-order valence-electron chi connectivity index (χ2n) is 5.55. The molecule has 22 heavy (non-hydrogen) atoms. The van der Waals surface area contributed by atoms with E-state index in [9.17, 15) is 9.90 Å². The van der Waals surface area contributed by atoms with Crippen LogP contribution in [0.2, 0.25) is 0 Å². The summed E-state index contributed by atoms with van der Waals surface area (Å²) in [7, 11) is 0. The van der Waals surface area contributed by atoms with E-state index in [0.717, 1.165) is 30.7 Å². The highest BCUT2D eigenvalue weighted by Gasteiger charge is 2.27. The molecule has 1 aliphatic rings. The van der Waals surface area contributed by atoms with Crippen LogP contribution in [-0.2, 0) is 11.2 Å². The van der Waals surface area contributed by atoms with E-state index in [2.05, 4.69) is 4.98 Å². The Labute approximate surface area is 129 Å². The van der Waals surface area contributed by atoms with Gasteiger partial charge in [0.2, 0.25) is 5.91 Å². The fourth-order valence-corrected chi connectivity index (χ4v) is 2.87. The molecular formula is C17H20N2O3. The van der Waals surface area contributed by atoms with Crippen molar-refractivity contribution in [1.29, 1.82) is 0 Å². The molecule has 1 fully saturated rings. The molecular weight excluding hydrogens is 280 g/mol. The van der Waals surface area contributed by atoms with Gasteiger partial charge in [-0.2, -0.15) is 0 Å². The zero-order valence-electron chi connectivity index (χ0n) is 12.4. The van der Waals surface area contributed by atoms with Crippen molar-refractivity contribution in [3.05, 3.63) is 42.4 Å². The zero-order valence-corrected chi connectivity index (χ0v) is 12.4. The van der Waals surface area contributed by atoms with Crippen molar-refractivity contribution in [3.63, 3.8) is 0 Å². The van der Waals surface area contributed by atoms with Crippen molar-refractivity contribution in [3.8, 4) is 11.3 Å². The first-order valence-electron chi connectivity index (χ1n) is 7.68. The van der Waals surface area contributed by atoms with Crippen LogP contribution in [0.4, 0.5) is 0 Å². The number of aromatic nitrogens is 1. The van der Waals surface area contributed by atoms with Gasteiger partial charge in [-0.05, 0) is 12.8 Å². The molecule has 1 aromatic carbocycles. The van der Waals surface area contributed by atoms with Crippen molar-refractivity contribution >= 4 is 5.91 Å². The molecule has 1 amide bonds. The van der Waals surface area contributed by atoms with E-state index in [-0.39, 0.29) is 18.6 Å². The molecule has 116 valence electrons. The molecule has 1 N–H and O–H groups in total. The predicted molar refractivity (Wildman–Crippen MR) is 82.1 cm³/mol. The monoisotopic (exact) mass is 300 g/mol. The summed E-state index contributed by atoms with van der Waals surface area (Å²) < 4.78 is 5.70. The van der Waals surface area contributed by atoms with E-state index in [1.165, 1.54) is 0 Å². The van der Waals surface area contributed by atoms with Gasteiger partial charge in [0, 0.05) is 24.9 Å². The lowest BCUT2D eigenvalue weighted by Gasteiger charge is -2.22. The fourth-order valence-electron chi connectivity index (χ4n) is 2.87. The minimum absolute atomic E-state index is 0.0167. The number of aryl methyl sites for hydroxylation is 1. The Morgan fingerprint density at radius 2 is 2.18 bits per heavy atom. The van der Waals surface area contributed by atoms with Crippen molar-refractivity contribution in [2.75, 3.05) is 13.2 Å². The Hall–Kier alpha value is -2.14. The maximum Gasteiger partial charge on any atom is 0.223 e. The summed E-state index contributed by atoms with van der Waals surface area (Å²) in [4.78, 5) is 18.2. The van der Waals surface area contributed by atoms with E-state index in [1.807, 2.05) is 30.3 Å². The summed E-state index contributed by atoms with van der Waals surface area (Å²) >= 11 is 0. The van der Waals surface area contributed by atoms with Crippen LogP contribution in [0, 0.1) is 0 Å². The zero-order chi connectivity index (χ0) is 15.4. The molecule has 5 nitrogen and oxygen atoms in total. The number of oxazole rings is 1. The van der Waals surface area contributed by atoms with Crippen LogP contribution in [0.5, 0.6) is 0 Å². The molecule has 1 atom stereocenters. The number of hydrogen-bond donors (Lipinski definition) is 1. The second-order valence-corrected chi connectivity index (χ2v) is 5.55. The molecule has 0 bridgehead atoms. The number of carbonyl (C=O) groups is 1. The largest absolute Gasteiger partial charge is 0.441 e. The number of likely N-dealkylation sites (tertiary alicyclic amines) is 1. The number of aliphatic hydroxyl groups is 1. The topological polar surface area (TPSA) is 66.6 Å². The third kappa shape index (κ3) is 3.20. The Bertz CT molecular complexity index is 624. The highest BCUT2D eigenvalue weighted by Crippen LogP contribution is 2.21. The lowest BCUT2D eigenvalue weighted by atomic mass is 10.2. The van der Waals surface area contributed by atoms with Gasteiger partial charge in [0.1, 0.15) is 0 Å². The van der Waals surface area contributed by atoms with Crippen molar-refractivity contribution < 1.29 is 14.3 Å². The number of aliphatic hydroxyl groups excluding tert-OH is 1. The second kappa shape index (κ2) is 6.75. The van der Waals surface area contributed by atoms with Gasteiger partial charge in [0.15, 0.2) is 11.7 Å². The molecule has 0 spiro atoms. The van der Waals surface area contributed by atoms with Gasteiger partial charge in [0.05, 0.1) is 18.8 Å². The lowest BCUT2D eigenvalue weighted by molar-refractivity contribution is -0.132. The Kier molecular flexibility index (Phi) is 4.53. The quantitative estimate of drug-likeness (QED) is 0.919. The van der Waals surface area contributed by atoms with Crippen molar-refractivity contribution in [1.82, 2.24) is 9.88 Å². The molecule has 0 saturated carbocycles. The van der Waals surface area contributed by atoms with E-state index < -0.39 is 0 Å². The summed E-state index contributed by atoms with van der Waals surface area (Å²) in [5.74, 6) is 1.36. The number of nitrogens with zero attached hydrogens (tertiary/aromatic N) is 2. The molecule has 0 unspecified atom stereocenters. The highest BCUT2D eigenvalue weighted by atomic mass is 16.4. The maximum absolute atomic E-state index is 12.2. The fraction of sp³-hybridized carbons (Fsp3) is 0.412. The molecule has 0 aliphatic carbocycles. The van der Waals surface area contributed by atoms with Crippen LogP contribution in [-0.4, -0.2) is 40.1 Å². The number of hydrogen-bond acceptors (Lipinski definition) is 4. The smallest absolute Gasteiger partial charge is 0.223 e. The average molecular weight is 300 g/mol. The van der Waals surface area contributed by atoms with Gasteiger partial charge in [-0.15, -0.1) is 0 Å². The molecule has 1 aromatic heterocycles. The SMILES string of the molecule is O=C(CCc1ncc(-c2ccccc2)o1)N1CCC[C@@H]1CO. The molecule has 5 heteroatoms. The predicted octanol–water partition coefficient (Wildman–Crippen LogP) is 2.26. The van der Waals surface area contributed by atoms with Crippen LogP contribution in [0.25, 0.3) is 11.3 Å². The Morgan fingerprint density at radius 3 is 2.95 bits per heavy atom. The van der Waals surface area contributed by atoms with Gasteiger partial charge >= 0.3 is 0 Å². The van der Waals surface area contributed by atoms with E-state index in [4.69, 9.17) is 4.42 Å². The average Bonchev–Trinajstić information content (AvgIpc) is 3.22. The van der Waals surface area contributed by atoms with Gasteiger partial charge in [0.25, 0.3) is 0 Å². The lowest BCUT2D eigenvalue weighted by Crippen LogP contribution is -2.37. The van der Waals surface area contributed by atoms with Crippen LogP contribution in [0.3, 0.4) is 0 Å². The van der Waals surface area contributed by atoms with E-state index >= 15 is 0 Å². The molecule has 2 aromatic rings. The molecule has 2 heterocycles. The van der Waals surface area contributed by atoms with Gasteiger partial charge in [-0.1, -0.05) is 30.3 Å². The van der Waals surface area contributed by atoms with Crippen LogP contribution < -0.4 is 0 Å². The summed E-state index contributed by atoms with van der Waals surface area (Å²) in [6.45, 7) is 0.786. The number of carbonyl (C=O) groups excluding carboxylic acids is 1.